The quantitative estimate of drug-likeness (QED) is 0.280. The maximum Gasteiger partial charge on any atom is 0.336 e. The summed E-state index contributed by atoms with van der Waals surface area (Å²) in [5, 5.41) is 29.1. The predicted molar refractivity (Wildman–Crippen MR) is 62.3 cm³/mol. The van der Waals surface area contributed by atoms with Crippen LogP contribution in [0.2, 0.25) is 0 Å². The Labute approximate surface area is 109 Å². The molecule has 0 saturated carbocycles. The van der Waals surface area contributed by atoms with Crippen molar-refractivity contribution in [3.05, 3.63) is 0 Å². The second-order valence-corrected chi connectivity index (χ2v) is 3.84. The Morgan fingerprint density at radius 3 is 2.26 bits per heavy atom. The molecule has 0 bridgehead atoms. The SMILES string of the molecule is NCCOCCNC(=O)CC(O)(CC(=O)O)C(=O)O. The van der Waals surface area contributed by atoms with E-state index in [4.69, 9.17) is 20.7 Å². The second kappa shape index (κ2) is 8.40. The van der Waals surface area contributed by atoms with Crippen molar-refractivity contribution < 1.29 is 34.4 Å². The Morgan fingerprint density at radius 2 is 1.79 bits per heavy atom. The first-order valence-corrected chi connectivity index (χ1v) is 5.54. The monoisotopic (exact) mass is 278 g/mol. The summed E-state index contributed by atoms with van der Waals surface area (Å²) in [5.41, 5.74) is 2.55. The third-order valence-corrected chi connectivity index (χ3v) is 2.13. The molecule has 1 amide bonds. The number of carboxylic acid groups (broad SMARTS) is 2. The summed E-state index contributed by atoms with van der Waals surface area (Å²) in [7, 11) is 0. The number of aliphatic carboxylic acids is 2. The Morgan fingerprint density at radius 1 is 1.16 bits per heavy atom. The molecule has 1 unspecified atom stereocenters. The van der Waals surface area contributed by atoms with Gasteiger partial charge < -0.3 is 31.1 Å². The van der Waals surface area contributed by atoms with E-state index in [2.05, 4.69) is 5.32 Å². The number of ether oxygens (including phenoxy) is 1. The molecule has 0 aliphatic carbocycles. The third-order valence-electron chi connectivity index (χ3n) is 2.13. The van der Waals surface area contributed by atoms with Crippen LogP contribution in [0.4, 0.5) is 0 Å². The minimum atomic E-state index is -2.62. The van der Waals surface area contributed by atoms with E-state index in [0.29, 0.717) is 13.2 Å². The normalized spacial score (nSPS) is 13.6. The molecule has 0 spiro atoms. The van der Waals surface area contributed by atoms with E-state index in [1.54, 1.807) is 0 Å². The van der Waals surface area contributed by atoms with Gasteiger partial charge in [-0.1, -0.05) is 0 Å². The molecule has 0 aliphatic heterocycles. The van der Waals surface area contributed by atoms with E-state index in [1.165, 1.54) is 0 Å². The van der Waals surface area contributed by atoms with Crippen molar-refractivity contribution in [2.75, 3.05) is 26.3 Å². The van der Waals surface area contributed by atoms with Crippen LogP contribution in [-0.2, 0) is 19.1 Å². The zero-order chi connectivity index (χ0) is 14.9. The summed E-state index contributed by atoms with van der Waals surface area (Å²) in [4.78, 5) is 32.6. The smallest absolute Gasteiger partial charge is 0.336 e. The number of amides is 1. The van der Waals surface area contributed by atoms with Crippen LogP contribution < -0.4 is 11.1 Å². The zero-order valence-electron chi connectivity index (χ0n) is 10.3. The van der Waals surface area contributed by atoms with E-state index in [9.17, 15) is 19.5 Å². The van der Waals surface area contributed by atoms with E-state index in [-0.39, 0.29) is 13.2 Å². The number of rotatable bonds is 10. The highest BCUT2D eigenvalue weighted by molar-refractivity contribution is 5.90. The van der Waals surface area contributed by atoms with Crippen LogP contribution in [0.15, 0.2) is 0 Å². The Balaban J connectivity index is 4.18. The lowest BCUT2D eigenvalue weighted by Gasteiger charge is -2.20. The minimum Gasteiger partial charge on any atom is -0.481 e. The van der Waals surface area contributed by atoms with Gasteiger partial charge in [0.25, 0.3) is 0 Å². The predicted octanol–water partition coefficient (Wildman–Crippen LogP) is -2.24. The largest absolute Gasteiger partial charge is 0.481 e. The van der Waals surface area contributed by atoms with Crippen LogP contribution in [0.25, 0.3) is 0 Å². The standard InChI is InChI=1S/C10H18N2O7/c11-1-3-19-4-2-12-7(13)5-10(18,9(16)17)6-8(14)15/h18H,1-6,11H2,(H,12,13)(H,14,15)(H,16,17). The highest BCUT2D eigenvalue weighted by Gasteiger charge is 2.40. The van der Waals surface area contributed by atoms with Crippen molar-refractivity contribution in [2.24, 2.45) is 5.73 Å². The van der Waals surface area contributed by atoms with Crippen LogP contribution in [-0.4, -0.2) is 65.1 Å². The van der Waals surface area contributed by atoms with Crippen LogP contribution in [0.5, 0.6) is 0 Å². The van der Waals surface area contributed by atoms with E-state index in [0.717, 1.165) is 0 Å². The average molecular weight is 278 g/mol. The van der Waals surface area contributed by atoms with Crippen LogP contribution in [0.1, 0.15) is 12.8 Å². The van der Waals surface area contributed by atoms with Crippen molar-refractivity contribution in [1.29, 1.82) is 0 Å². The number of carbonyl (C=O) groups is 3. The van der Waals surface area contributed by atoms with Crippen molar-refractivity contribution in [2.45, 2.75) is 18.4 Å². The minimum absolute atomic E-state index is 0.113. The molecule has 0 saturated heterocycles. The van der Waals surface area contributed by atoms with Gasteiger partial charge in [-0.05, 0) is 0 Å². The van der Waals surface area contributed by atoms with Gasteiger partial charge in [-0.25, -0.2) is 4.79 Å². The molecule has 19 heavy (non-hydrogen) atoms. The van der Waals surface area contributed by atoms with Crippen molar-refractivity contribution in [3.63, 3.8) is 0 Å². The number of nitrogens with two attached hydrogens (primary N) is 1. The summed E-state index contributed by atoms with van der Waals surface area (Å²) < 4.78 is 4.96. The van der Waals surface area contributed by atoms with Gasteiger partial charge in [0.15, 0.2) is 5.60 Å². The van der Waals surface area contributed by atoms with Crippen molar-refractivity contribution in [1.82, 2.24) is 5.32 Å². The number of aliphatic hydroxyl groups is 1. The lowest BCUT2D eigenvalue weighted by atomic mass is 9.95. The van der Waals surface area contributed by atoms with Crippen molar-refractivity contribution >= 4 is 17.8 Å². The molecule has 0 aromatic rings. The fourth-order valence-corrected chi connectivity index (χ4v) is 1.24. The molecule has 9 heteroatoms. The van der Waals surface area contributed by atoms with Gasteiger partial charge in [0.05, 0.1) is 26.1 Å². The first-order valence-electron chi connectivity index (χ1n) is 5.54. The summed E-state index contributed by atoms with van der Waals surface area (Å²) in [6, 6.07) is 0. The summed E-state index contributed by atoms with van der Waals surface area (Å²) in [6.45, 7) is 0.967. The molecular weight excluding hydrogens is 260 g/mol. The summed E-state index contributed by atoms with van der Waals surface area (Å²) in [6.07, 6.45) is -1.90. The van der Waals surface area contributed by atoms with Gasteiger partial charge in [0.1, 0.15) is 0 Å². The van der Waals surface area contributed by atoms with E-state index < -0.39 is 36.3 Å². The zero-order valence-corrected chi connectivity index (χ0v) is 10.3. The number of nitrogens with one attached hydrogen (secondary N) is 1. The number of carbonyl (C=O) groups excluding carboxylic acids is 1. The summed E-state index contributed by atoms with van der Waals surface area (Å²) >= 11 is 0. The van der Waals surface area contributed by atoms with Gasteiger partial charge >= 0.3 is 11.9 Å². The maximum atomic E-state index is 11.4. The van der Waals surface area contributed by atoms with E-state index >= 15 is 0 Å². The van der Waals surface area contributed by atoms with Crippen LogP contribution in [0.3, 0.4) is 0 Å². The number of carboxylic acids is 2. The molecule has 0 fully saturated rings. The Hall–Kier alpha value is -1.71. The molecule has 110 valence electrons. The Bertz CT molecular complexity index is 334. The highest BCUT2D eigenvalue weighted by Crippen LogP contribution is 2.15. The average Bonchev–Trinajstić information content (AvgIpc) is 2.27. The molecule has 0 rings (SSSR count). The lowest BCUT2D eigenvalue weighted by Crippen LogP contribution is -2.45. The molecule has 0 aromatic heterocycles. The fourth-order valence-electron chi connectivity index (χ4n) is 1.24. The number of hydrogen-bond donors (Lipinski definition) is 5. The molecular formula is C10H18N2O7. The topological polar surface area (TPSA) is 159 Å². The first kappa shape index (κ1) is 17.3. The maximum absolute atomic E-state index is 11.4. The van der Waals surface area contributed by atoms with Crippen LogP contribution >= 0.6 is 0 Å². The molecule has 1 atom stereocenters. The fraction of sp³-hybridized carbons (Fsp3) is 0.700. The van der Waals surface area contributed by atoms with Crippen LogP contribution in [0, 0.1) is 0 Å². The molecule has 6 N–H and O–H groups in total. The molecule has 0 radical (unpaired) electrons. The second-order valence-electron chi connectivity index (χ2n) is 3.84. The van der Waals surface area contributed by atoms with Gasteiger partial charge in [0.2, 0.25) is 5.91 Å². The molecule has 0 aliphatic rings. The Kier molecular flexibility index (Phi) is 7.65. The summed E-state index contributed by atoms with van der Waals surface area (Å²) in [5.74, 6) is -4.05. The molecule has 0 aromatic carbocycles. The van der Waals surface area contributed by atoms with E-state index in [1.807, 2.05) is 0 Å². The molecule has 0 heterocycles. The lowest BCUT2D eigenvalue weighted by molar-refractivity contribution is -0.167. The van der Waals surface area contributed by atoms with Crippen molar-refractivity contribution in [3.8, 4) is 0 Å². The van der Waals surface area contributed by atoms with Gasteiger partial charge in [0, 0.05) is 13.1 Å². The first-order chi connectivity index (χ1) is 8.81. The molecule has 9 nitrogen and oxygen atoms in total. The van der Waals surface area contributed by atoms with Gasteiger partial charge in [-0.2, -0.15) is 0 Å². The van der Waals surface area contributed by atoms with Gasteiger partial charge in [-0.15, -0.1) is 0 Å². The number of hydrogen-bond acceptors (Lipinski definition) is 6. The third kappa shape index (κ3) is 7.34. The highest BCUT2D eigenvalue weighted by atomic mass is 16.5. The van der Waals surface area contributed by atoms with Gasteiger partial charge in [-0.3, -0.25) is 9.59 Å².